The zero-order valence-electron chi connectivity index (χ0n) is 7.18. The van der Waals surface area contributed by atoms with Crippen LogP contribution >= 0.6 is 0 Å². The summed E-state index contributed by atoms with van der Waals surface area (Å²) in [6.45, 7) is 0.525. The quantitative estimate of drug-likeness (QED) is 0.522. The molecule has 1 aliphatic rings. The highest BCUT2D eigenvalue weighted by Gasteiger charge is 2.33. The van der Waals surface area contributed by atoms with Crippen LogP contribution < -0.4 is 11.5 Å². The van der Waals surface area contributed by atoms with Gasteiger partial charge in [-0.1, -0.05) is 12.8 Å². The maximum atomic E-state index is 6.00. The standard InChI is InChI=1S/C7H17BN2O/c1-11-8-7(10,5-9)4-6-2-3-6/h6,8H,2-5,9-10H2,1H3/t7-/m1/s1. The Labute approximate surface area is 68.7 Å². The van der Waals surface area contributed by atoms with Crippen molar-refractivity contribution in [3.8, 4) is 0 Å². The lowest BCUT2D eigenvalue weighted by Crippen LogP contribution is -2.53. The molecule has 3 nitrogen and oxygen atoms in total. The largest absolute Gasteiger partial charge is 0.440 e. The molecule has 0 spiro atoms. The van der Waals surface area contributed by atoms with Gasteiger partial charge in [0.15, 0.2) is 0 Å². The van der Waals surface area contributed by atoms with Crippen LogP contribution in [0.1, 0.15) is 19.3 Å². The summed E-state index contributed by atoms with van der Waals surface area (Å²) in [5.41, 5.74) is 11.3. The van der Waals surface area contributed by atoms with Gasteiger partial charge in [0.25, 0.3) is 7.48 Å². The molecule has 0 heterocycles. The molecule has 0 unspecified atom stereocenters. The summed E-state index contributed by atoms with van der Waals surface area (Å²) >= 11 is 0. The van der Waals surface area contributed by atoms with Crippen LogP contribution in [0.15, 0.2) is 0 Å². The summed E-state index contributed by atoms with van der Waals surface area (Å²) in [5, 5.41) is 0. The van der Waals surface area contributed by atoms with Gasteiger partial charge in [-0.05, 0) is 12.3 Å². The summed E-state index contributed by atoms with van der Waals surface area (Å²) in [6.07, 6.45) is 3.67. The predicted molar refractivity (Wildman–Crippen MR) is 47.5 cm³/mol. The Balaban J connectivity index is 2.29. The van der Waals surface area contributed by atoms with E-state index in [0.29, 0.717) is 14.0 Å². The molecule has 11 heavy (non-hydrogen) atoms. The average Bonchev–Trinajstić information content (AvgIpc) is 2.73. The minimum absolute atomic E-state index is 0.268. The van der Waals surface area contributed by atoms with E-state index in [0.717, 1.165) is 12.3 Å². The van der Waals surface area contributed by atoms with Gasteiger partial charge < -0.3 is 16.1 Å². The molecular weight excluding hydrogens is 139 g/mol. The third-order valence-electron chi connectivity index (χ3n) is 2.23. The van der Waals surface area contributed by atoms with E-state index in [1.165, 1.54) is 12.8 Å². The summed E-state index contributed by atoms with van der Waals surface area (Å²) in [6, 6.07) is 0. The molecule has 0 radical (unpaired) electrons. The summed E-state index contributed by atoms with van der Waals surface area (Å²) < 4.78 is 5.02. The van der Waals surface area contributed by atoms with Crippen molar-refractivity contribution in [2.75, 3.05) is 13.7 Å². The van der Waals surface area contributed by atoms with Crippen LogP contribution in [0.2, 0.25) is 0 Å². The highest BCUT2D eigenvalue weighted by atomic mass is 16.4. The van der Waals surface area contributed by atoms with E-state index in [4.69, 9.17) is 16.1 Å². The fourth-order valence-corrected chi connectivity index (χ4v) is 1.39. The smallest absolute Gasteiger partial charge is 0.295 e. The second-order valence-electron chi connectivity index (χ2n) is 3.65. The lowest BCUT2D eigenvalue weighted by molar-refractivity contribution is 0.385. The molecule has 4 N–H and O–H groups in total. The van der Waals surface area contributed by atoms with Crippen LogP contribution in [0, 0.1) is 5.92 Å². The van der Waals surface area contributed by atoms with Crippen molar-refractivity contribution < 1.29 is 4.65 Å². The first-order valence-corrected chi connectivity index (χ1v) is 4.18. The zero-order chi connectivity index (χ0) is 8.32. The van der Waals surface area contributed by atoms with E-state index in [-0.39, 0.29) is 5.44 Å². The Morgan fingerprint density at radius 1 is 1.64 bits per heavy atom. The van der Waals surface area contributed by atoms with E-state index in [9.17, 15) is 0 Å². The minimum Gasteiger partial charge on any atom is -0.440 e. The maximum Gasteiger partial charge on any atom is 0.295 e. The number of hydrogen-bond donors (Lipinski definition) is 2. The first-order chi connectivity index (χ1) is 5.20. The van der Waals surface area contributed by atoms with Crippen molar-refractivity contribution in [2.45, 2.75) is 24.7 Å². The Hall–Kier alpha value is -0.0551. The van der Waals surface area contributed by atoms with Gasteiger partial charge in [-0.25, -0.2) is 0 Å². The molecule has 1 aliphatic carbocycles. The van der Waals surface area contributed by atoms with E-state index in [1.54, 1.807) is 7.11 Å². The van der Waals surface area contributed by atoms with Crippen molar-refractivity contribution in [1.82, 2.24) is 0 Å². The molecule has 0 aromatic carbocycles. The Morgan fingerprint density at radius 2 is 2.27 bits per heavy atom. The molecule has 1 atom stereocenters. The number of hydrogen-bond acceptors (Lipinski definition) is 3. The van der Waals surface area contributed by atoms with E-state index in [1.807, 2.05) is 0 Å². The third kappa shape index (κ3) is 2.81. The average molecular weight is 156 g/mol. The summed E-state index contributed by atoms with van der Waals surface area (Å²) in [5.74, 6) is 0.818. The van der Waals surface area contributed by atoms with Crippen LogP contribution in [-0.4, -0.2) is 26.6 Å². The summed E-state index contributed by atoms with van der Waals surface area (Å²) in [4.78, 5) is 0. The lowest BCUT2D eigenvalue weighted by atomic mass is 9.69. The normalized spacial score (nSPS) is 22.8. The van der Waals surface area contributed by atoms with Gasteiger partial charge >= 0.3 is 0 Å². The van der Waals surface area contributed by atoms with Gasteiger partial charge in [0.05, 0.1) is 0 Å². The van der Waals surface area contributed by atoms with Crippen molar-refractivity contribution in [3.63, 3.8) is 0 Å². The molecule has 4 heteroatoms. The van der Waals surface area contributed by atoms with Crippen molar-refractivity contribution in [3.05, 3.63) is 0 Å². The van der Waals surface area contributed by atoms with E-state index >= 15 is 0 Å². The van der Waals surface area contributed by atoms with Gasteiger partial charge in [-0.3, -0.25) is 0 Å². The van der Waals surface area contributed by atoms with Crippen LogP contribution in [0.3, 0.4) is 0 Å². The molecule has 64 valence electrons. The minimum atomic E-state index is -0.268. The maximum absolute atomic E-state index is 6.00. The van der Waals surface area contributed by atoms with Gasteiger partial charge in [0, 0.05) is 19.1 Å². The first-order valence-electron chi connectivity index (χ1n) is 4.18. The van der Waals surface area contributed by atoms with Gasteiger partial charge in [-0.15, -0.1) is 0 Å². The fraction of sp³-hybridized carbons (Fsp3) is 1.00. The van der Waals surface area contributed by atoms with Crippen molar-refractivity contribution in [2.24, 2.45) is 17.4 Å². The van der Waals surface area contributed by atoms with Crippen LogP contribution in [0.25, 0.3) is 0 Å². The number of rotatable bonds is 5. The molecule has 0 bridgehead atoms. The van der Waals surface area contributed by atoms with Gasteiger partial charge in [0.1, 0.15) is 0 Å². The molecular formula is C7H17BN2O. The second kappa shape index (κ2) is 3.56. The third-order valence-corrected chi connectivity index (χ3v) is 2.23. The summed E-state index contributed by atoms with van der Waals surface area (Å²) in [7, 11) is 2.25. The Morgan fingerprint density at radius 3 is 2.64 bits per heavy atom. The molecule has 0 aromatic heterocycles. The van der Waals surface area contributed by atoms with Gasteiger partial charge in [-0.2, -0.15) is 0 Å². The van der Waals surface area contributed by atoms with Crippen molar-refractivity contribution >= 4 is 7.48 Å². The first kappa shape index (κ1) is 9.04. The monoisotopic (exact) mass is 156 g/mol. The number of nitrogens with two attached hydrogens (primary N) is 2. The fourth-order valence-electron chi connectivity index (χ4n) is 1.39. The Kier molecular flexibility index (Phi) is 2.93. The van der Waals surface area contributed by atoms with Crippen molar-refractivity contribution in [1.29, 1.82) is 0 Å². The van der Waals surface area contributed by atoms with Crippen LogP contribution in [0.5, 0.6) is 0 Å². The highest BCUT2D eigenvalue weighted by Crippen LogP contribution is 2.35. The molecule has 0 aromatic rings. The van der Waals surface area contributed by atoms with E-state index in [2.05, 4.69) is 0 Å². The predicted octanol–water partition coefficient (Wildman–Crippen LogP) is -0.602. The molecule has 1 rings (SSSR count). The Bertz CT molecular complexity index is 130. The second-order valence-corrected chi connectivity index (χ2v) is 3.65. The molecule has 0 amide bonds. The highest BCUT2D eigenvalue weighted by molar-refractivity contribution is 6.32. The van der Waals surface area contributed by atoms with E-state index < -0.39 is 0 Å². The zero-order valence-corrected chi connectivity index (χ0v) is 7.18. The molecule has 1 fully saturated rings. The molecule has 0 aliphatic heterocycles. The topological polar surface area (TPSA) is 61.3 Å². The lowest BCUT2D eigenvalue weighted by Gasteiger charge is -2.25. The van der Waals surface area contributed by atoms with Crippen LogP contribution in [0.4, 0.5) is 0 Å². The molecule has 1 saturated carbocycles. The van der Waals surface area contributed by atoms with Crippen LogP contribution in [-0.2, 0) is 4.65 Å². The SMILES string of the molecule is COB[C@](N)(CN)CC1CC1. The molecule has 0 saturated heterocycles. The van der Waals surface area contributed by atoms with Gasteiger partial charge in [0.2, 0.25) is 0 Å².